The summed E-state index contributed by atoms with van der Waals surface area (Å²) in [5.41, 5.74) is -7.69. The number of alkyl halides is 7. The molecule has 0 aliphatic carbocycles. The van der Waals surface area contributed by atoms with Crippen molar-refractivity contribution in [1.29, 1.82) is 5.26 Å². The Bertz CT molecular complexity index is 1040. The first-order chi connectivity index (χ1) is 20.3. The molecule has 0 aliphatic heterocycles. The summed E-state index contributed by atoms with van der Waals surface area (Å²) in [6.45, 7) is 13.6. The lowest BCUT2D eigenvalue weighted by molar-refractivity contribution is -0.414. The van der Waals surface area contributed by atoms with Gasteiger partial charge in [-0.3, -0.25) is 14.4 Å². The zero-order valence-corrected chi connectivity index (χ0v) is 27.2. The van der Waals surface area contributed by atoms with Crippen LogP contribution in [0.4, 0.5) is 30.7 Å². The van der Waals surface area contributed by atoms with Crippen molar-refractivity contribution in [3.8, 4) is 6.07 Å². The van der Waals surface area contributed by atoms with Crippen molar-refractivity contribution in [1.82, 2.24) is 4.90 Å². The number of halogens is 7. The van der Waals surface area contributed by atoms with Crippen LogP contribution in [0.5, 0.6) is 0 Å². The van der Waals surface area contributed by atoms with Gasteiger partial charge in [0.15, 0.2) is 5.41 Å². The molecule has 0 spiro atoms. The number of hydrogen-bond donors (Lipinski definition) is 0. The topological polar surface area (TPSA) is 115 Å². The first-order valence-corrected chi connectivity index (χ1v) is 14.5. The maximum Gasteiger partial charge on any atom is 0.476 e. The van der Waals surface area contributed by atoms with Crippen LogP contribution < -0.4 is 0 Å². The number of rotatable bonds is 19. The third-order valence-corrected chi connectivity index (χ3v) is 7.53. The highest BCUT2D eigenvalue weighted by Gasteiger charge is 2.77. The molecule has 0 aromatic carbocycles. The molecular formula is C29H45F7N2O7. The summed E-state index contributed by atoms with van der Waals surface area (Å²) < 4.78 is 114. The highest BCUT2D eigenvalue weighted by atomic mass is 19.4. The molecule has 16 heteroatoms. The molecule has 0 radical (unpaired) electrons. The number of carbonyl (C=O) groups excluding carboxylic acids is 3. The minimum Gasteiger partial charge on any atom is -0.464 e. The second kappa shape index (κ2) is 16.2. The van der Waals surface area contributed by atoms with Gasteiger partial charge in [-0.05, 0) is 66.5 Å². The summed E-state index contributed by atoms with van der Waals surface area (Å²) in [6, 6.07) is 1.46. The van der Waals surface area contributed by atoms with Crippen LogP contribution in [-0.4, -0.2) is 86.6 Å². The molecule has 0 heterocycles. The van der Waals surface area contributed by atoms with Gasteiger partial charge in [0.1, 0.15) is 13.2 Å². The van der Waals surface area contributed by atoms with Gasteiger partial charge in [-0.2, -0.15) is 36.0 Å². The Morgan fingerprint density at radius 1 is 0.800 bits per heavy atom. The summed E-state index contributed by atoms with van der Waals surface area (Å²) >= 11 is 0. The third-order valence-electron chi connectivity index (χ3n) is 7.53. The second-order valence-corrected chi connectivity index (χ2v) is 12.1. The lowest BCUT2D eigenvalue weighted by Crippen LogP contribution is -2.58. The number of carbonyl (C=O) groups is 3. The number of esters is 3. The SMILES string of the molecule is CCN(CC)CCOC(=O)C(C)(CC(C)C)CC(C)(C(=O)OC(F)(F)C(F)(F)C(F)(F)F)C(C)(C#N)C(=O)OCCOC(C)C. The first kappa shape index (κ1) is 42.3. The third kappa shape index (κ3) is 10.4. The van der Waals surface area contributed by atoms with Crippen molar-refractivity contribution in [3.63, 3.8) is 0 Å². The predicted molar refractivity (Wildman–Crippen MR) is 147 cm³/mol. The summed E-state index contributed by atoms with van der Waals surface area (Å²) in [4.78, 5) is 42.0. The van der Waals surface area contributed by atoms with Crippen LogP contribution in [0, 0.1) is 33.5 Å². The molecule has 0 aliphatic rings. The van der Waals surface area contributed by atoms with Gasteiger partial charge in [0.2, 0.25) is 0 Å². The Morgan fingerprint density at radius 3 is 1.73 bits per heavy atom. The number of nitriles is 1. The lowest BCUT2D eigenvalue weighted by Gasteiger charge is -2.43. The maximum atomic E-state index is 14.4. The smallest absolute Gasteiger partial charge is 0.464 e. The molecule has 9 nitrogen and oxygen atoms in total. The quantitative estimate of drug-likeness (QED) is 0.0693. The van der Waals surface area contributed by atoms with Crippen LogP contribution in [-0.2, 0) is 33.3 Å². The number of likely N-dealkylation sites (N-methyl/N-ethyl adjacent to an activating group) is 1. The Kier molecular flexibility index (Phi) is 15.3. The van der Waals surface area contributed by atoms with Gasteiger partial charge in [-0.1, -0.05) is 27.7 Å². The molecule has 0 rings (SSSR count). The molecule has 0 fully saturated rings. The highest BCUT2D eigenvalue weighted by Crippen LogP contribution is 2.53. The fraction of sp³-hybridized carbons (Fsp3) is 0.862. The maximum absolute atomic E-state index is 14.4. The van der Waals surface area contributed by atoms with E-state index in [4.69, 9.17) is 14.2 Å². The molecule has 3 atom stereocenters. The minimum atomic E-state index is -6.85. The van der Waals surface area contributed by atoms with Crippen LogP contribution in [0.25, 0.3) is 0 Å². The summed E-state index contributed by atoms with van der Waals surface area (Å²) in [5, 5.41) is 10.1. The van der Waals surface area contributed by atoms with Crippen molar-refractivity contribution in [2.24, 2.45) is 22.2 Å². The zero-order chi connectivity index (χ0) is 35.7. The first-order valence-electron chi connectivity index (χ1n) is 14.5. The summed E-state index contributed by atoms with van der Waals surface area (Å²) in [7, 11) is 0. The standard InChI is InChI=1S/C29H45F7N2O7/c1-10-38(11-2)12-13-43-21(39)24(7,16-19(3)4)17-25(8,23(41)45-29(35,36)27(30,31)28(32,33)34)26(9,18-37)22(40)44-15-14-42-20(5)6/h19-20H,10-17H2,1-9H3. The molecule has 0 saturated carbocycles. The normalized spacial score (nSPS) is 16.8. The molecule has 0 bridgehead atoms. The fourth-order valence-electron chi connectivity index (χ4n) is 4.76. The van der Waals surface area contributed by atoms with Crippen LogP contribution in [0.1, 0.15) is 75.2 Å². The van der Waals surface area contributed by atoms with E-state index in [1.54, 1.807) is 27.7 Å². The lowest BCUT2D eigenvalue weighted by atomic mass is 9.58. The molecule has 0 aromatic rings. The molecule has 0 amide bonds. The molecule has 45 heavy (non-hydrogen) atoms. The molecule has 3 unspecified atom stereocenters. The monoisotopic (exact) mass is 666 g/mol. The van der Waals surface area contributed by atoms with E-state index in [-0.39, 0.29) is 38.2 Å². The number of hydrogen-bond acceptors (Lipinski definition) is 9. The summed E-state index contributed by atoms with van der Waals surface area (Å²) in [5.74, 6) is -12.2. The fourth-order valence-corrected chi connectivity index (χ4v) is 4.76. The molecule has 0 aromatic heterocycles. The van der Waals surface area contributed by atoms with Gasteiger partial charge < -0.3 is 23.8 Å². The number of ether oxygens (including phenoxy) is 4. The Balaban J connectivity index is 6.97. The largest absolute Gasteiger partial charge is 0.476 e. The minimum absolute atomic E-state index is 0.145. The van der Waals surface area contributed by atoms with Gasteiger partial charge in [0, 0.05) is 6.54 Å². The summed E-state index contributed by atoms with van der Waals surface area (Å²) in [6.07, 6.45) is -14.8. The highest BCUT2D eigenvalue weighted by molar-refractivity contribution is 5.91. The molecule has 0 N–H and O–H groups in total. The van der Waals surface area contributed by atoms with Gasteiger partial charge >= 0.3 is 36.1 Å². The van der Waals surface area contributed by atoms with Gasteiger partial charge in [0.25, 0.3) is 0 Å². The average molecular weight is 667 g/mol. The van der Waals surface area contributed by atoms with Crippen LogP contribution >= 0.6 is 0 Å². The Hall–Kier alpha value is -2.67. The van der Waals surface area contributed by atoms with Crippen LogP contribution in [0.2, 0.25) is 0 Å². The van der Waals surface area contributed by atoms with Gasteiger partial charge in [0.05, 0.1) is 29.6 Å². The molecule has 262 valence electrons. The van der Waals surface area contributed by atoms with E-state index >= 15 is 0 Å². The van der Waals surface area contributed by atoms with Crippen molar-refractivity contribution in [2.45, 2.75) is 99.5 Å². The van der Waals surface area contributed by atoms with E-state index in [9.17, 15) is 50.4 Å². The van der Waals surface area contributed by atoms with Crippen molar-refractivity contribution >= 4 is 17.9 Å². The predicted octanol–water partition coefficient (Wildman–Crippen LogP) is 6.15. The van der Waals surface area contributed by atoms with Crippen molar-refractivity contribution in [2.75, 3.05) is 39.5 Å². The van der Waals surface area contributed by atoms with E-state index in [2.05, 4.69) is 4.74 Å². The molecule has 0 saturated heterocycles. The van der Waals surface area contributed by atoms with Crippen LogP contribution in [0.15, 0.2) is 0 Å². The molecular weight excluding hydrogens is 621 g/mol. The number of nitrogens with zero attached hydrogens (tertiary/aromatic N) is 2. The second-order valence-electron chi connectivity index (χ2n) is 12.1. The van der Waals surface area contributed by atoms with E-state index in [1.165, 1.54) is 13.0 Å². The van der Waals surface area contributed by atoms with E-state index in [0.717, 1.165) is 6.92 Å². The van der Waals surface area contributed by atoms with Crippen molar-refractivity contribution in [3.05, 3.63) is 0 Å². The van der Waals surface area contributed by atoms with Gasteiger partial charge in [-0.25, -0.2) is 0 Å². The van der Waals surface area contributed by atoms with Gasteiger partial charge in [-0.15, -0.1) is 0 Å². The zero-order valence-electron chi connectivity index (χ0n) is 27.2. The Morgan fingerprint density at radius 2 is 1.31 bits per heavy atom. The van der Waals surface area contributed by atoms with Crippen LogP contribution in [0.3, 0.4) is 0 Å². The average Bonchev–Trinajstić information content (AvgIpc) is 2.90. The van der Waals surface area contributed by atoms with E-state index in [0.29, 0.717) is 20.0 Å². The van der Waals surface area contributed by atoms with Crippen molar-refractivity contribution < 1.29 is 64.1 Å². The van der Waals surface area contributed by atoms with E-state index < -0.39 is 65.4 Å². The Labute approximate surface area is 259 Å². The van der Waals surface area contributed by atoms with E-state index in [1.807, 2.05) is 18.7 Å².